The number of rotatable bonds is 11. The zero-order chi connectivity index (χ0) is 24.6. The number of primary amides is 1. The minimum absolute atomic E-state index is 0.340. The number of benzene rings is 2. The van der Waals surface area contributed by atoms with Crippen molar-refractivity contribution in [3.63, 3.8) is 0 Å². The summed E-state index contributed by atoms with van der Waals surface area (Å²) in [6, 6.07) is 19.0. The lowest BCUT2D eigenvalue weighted by molar-refractivity contribution is 0.0369. The monoisotopic (exact) mass is 473 g/mol. The van der Waals surface area contributed by atoms with Crippen LogP contribution in [0.3, 0.4) is 0 Å². The van der Waals surface area contributed by atoms with Gasteiger partial charge in [0.2, 0.25) is 0 Å². The SMILES string of the molecule is CCCCCc1c(-c2ccc(-c3ccccc3)cc2)c(C(N)=O)c(C)n1CCCN1CCOCC1. The molecule has 5 heteroatoms. The van der Waals surface area contributed by atoms with Gasteiger partial charge in [0, 0.05) is 43.1 Å². The third-order valence-corrected chi connectivity index (χ3v) is 7.14. The van der Waals surface area contributed by atoms with Gasteiger partial charge < -0.3 is 15.0 Å². The van der Waals surface area contributed by atoms with Crippen LogP contribution in [0.1, 0.15) is 54.4 Å². The van der Waals surface area contributed by atoms with Crippen molar-refractivity contribution in [3.8, 4) is 22.3 Å². The molecule has 0 atom stereocenters. The van der Waals surface area contributed by atoms with Crippen molar-refractivity contribution in [2.24, 2.45) is 5.73 Å². The Labute approximate surface area is 209 Å². The number of nitrogens with zero attached hydrogens (tertiary/aromatic N) is 2. The normalized spacial score (nSPS) is 14.3. The molecule has 35 heavy (non-hydrogen) atoms. The predicted molar refractivity (Wildman–Crippen MR) is 144 cm³/mol. The molecule has 0 bridgehead atoms. The van der Waals surface area contributed by atoms with E-state index < -0.39 is 0 Å². The van der Waals surface area contributed by atoms with Gasteiger partial charge in [0.1, 0.15) is 0 Å². The van der Waals surface area contributed by atoms with Crippen molar-refractivity contribution in [1.82, 2.24) is 9.47 Å². The molecule has 1 fully saturated rings. The molecular formula is C30H39N3O2. The summed E-state index contributed by atoms with van der Waals surface area (Å²) in [7, 11) is 0. The molecule has 5 nitrogen and oxygen atoms in total. The van der Waals surface area contributed by atoms with E-state index in [4.69, 9.17) is 10.5 Å². The zero-order valence-electron chi connectivity index (χ0n) is 21.3. The maximum absolute atomic E-state index is 12.7. The average molecular weight is 474 g/mol. The molecule has 0 saturated carbocycles. The first-order chi connectivity index (χ1) is 17.1. The summed E-state index contributed by atoms with van der Waals surface area (Å²) >= 11 is 0. The number of hydrogen-bond donors (Lipinski definition) is 1. The lowest BCUT2D eigenvalue weighted by atomic mass is 9.95. The van der Waals surface area contributed by atoms with E-state index in [0.29, 0.717) is 5.56 Å². The fourth-order valence-corrected chi connectivity index (χ4v) is 5.25. The van der Waals surface area contributed by atoms with Crippen molar-refractivity contribution in [1.29, 1.82) is 0 Å². The van der Waals surface area contributed by atoms with Crippen molar-refractivity contribution in [3.05, 3.63) is 71.5 Å². The first-order valence-corrected chi connectivity index (χ1v) is 13.1. The Kier molecular flexibility index (Phi) is 8.78. The van der Waals surface area contributed by atoms with E-state index in [1.165, 1.54) is 29.7 Å². The molecule has 2 N–H and O–H groups in total. The van der Waals surface area contributed by atoms with E-state index >= 15 is 0 Å². The molecule has 1 aliphatic heterocycles. The van der Waals surface area contributed by atoms with Crippen LogP contribution in [-0.4, -0.2) is 48.2 Å². The predicted octanol–water partition coefficient (Wildman–Crippen LogP) is 5.68. The summed E-state index contributed by atoms with van der Waals surface area (Å²) in [5.41, 5.74) is 13.4. The Hall–Kier alpha value is -2.89. The highest BCUT2D eigenvalue weighted by molar-refractivity contribution is 6.02. The molecule has 1 amide bonds. The van der Waals surface area contributed by atoms with Crippen molar-refractivity contribution < 1.29 is 9.53 Å². The van der Waals surface area contributed by atoms with Gasteiger partial charge in [-0.15, -0.1) is 0 Å². The summed E-state index contributed by atoms with van der Waals surface area (Å²) in [6.45, 7) is 9.86. The van der Waals surface area contributed by atoms with Crippen molar-refractivity contribution >= 4 is 5.91 Å². The molecule has 0 spiro atoms. The summed E-state index contributed by atoms with van der Waals surface area (Å²) in [6.07, 6.45) is 5.45. The third-order valence-electron chi connectivity index (χ3n) is 7.14. The molecule has 0 aliphatic carbocycles. The maximum atomic E-state index is 12.7. The Morgan fingerprint density at radius 1 is 0.886 bits per heavy atom. The molecule has 0 unspecified atom stereocenters. The van der Waals surface area contributed by atoms with Crippen LogP contribution in [0.4, 0.5) is 0 Å². The first-order valence-electron chi connectivity index (χ1n) is 13.1. The van der Waals surface area contributed by atoms with Crippen molar-refractivity contribution in [2.75, 3.05) is 32.8 Å². The van der Waals surface area contributed by atoms with E-state index in [-0.39, 0.29) is 5.91 Å². The molecular weight excluding hydrogens is 434 g/mol. The third kappa shape index (κ3) is 6.03. The minimum Gasteiger partial charge on any atom is -0.379 e. The lowest BCUT2D eigenvalue weighted by Crippen LogP contribution is -2.37. The van der Waals surface area contributed by atoms with Crippen LogP contribution in [0.2, 0.25) is 0 Å². The second kappa shape index (κ2) is 12.2. The average Bonchev–Trinajstić information content (AvgIpc) is 3.17. The van der Waals surface area contributed by atoms with Gasteiger partial charge in [-0.3, -0.25) is 9.69 Å². The number of carbonyl (C=O) groups is 1. The van der Waals surface area contributed by atoms with Gasteiger partial charge >= 0.3 is 0 Å². The number of hydrogen-bond acceptors (Lipinski definition) is 3. The molecule has 2 aromatic carbocycles. The maximum Gasteiger partial charge on any atom is 0.251 e. The first kappa shape index (κ1) is 25.2. The Balaban J connectivity index is 1.67. The van der Waals surface area contributed by atoms with Gasteiger partial charge in [-0.25, -0.2) is 0 Å². The standard InChI is InChI=1S/C30H39N3O2/c1-3-4-6-12-27-29(26-15-13-25(14-16-26)24-10-7-5-8-11-24)28(30(31)34)23(2)33(27)18-9-17-32-19-21-35-22-20-32/h5,7-8,10-11,13-16H,3-4,6,9,12,17-22H2,1-2H3,(H2,31,34). The smallest absolute Gasteiger partial charge is 0.251 e. The fraction of sp³-hybridized carbons (Fsp3) is 0.433. The van der Waals surface area contributed by atoms with Crippen molar-refractivity contribution in [2.45, 2.75) is 52.5 Å². The van der Waals surface area contributed by atoms with Crippen LogP contribution in [0.25, 0.3) is 22.3 Å². The van der Waals surface area contributed by atoms with Crippen LogP contribution < -0.4 is 5.73 Å². The van der Waals surface area contributed by atoms with Gasteiger partial charge in [0.15, 0.2) is 0 Å². The highest BCUT2D eigenvalue weighted by atomic mass is 16.5. The van der Waals surface area contributed by atoms with Gasteiger partial charge in [0.25, 0.3) is 5.91 Å². The fourth-order valence-electron chi connectivity index (χ4n) is 5.25. The van der Waals surface area contributed by atoms with E-state index in [1.807, 2.05) is 6.07 Å². The van der Waals surface area contributed by atoms with E-state index in [0.717, 1.165) is 75.5 Å². The minimum atomic E-state index is -0.340. The lowest BCUT2D eigenvalue weighted by Gasteiger charge is -2.26. The number of morpholine rings is 1. The highest BCUT2D eigenvalue weighted by Gasteiger charge is 2.24. The molecule has 4 rings (SSSR count). The zero-order valence-corrected chi connectivity index (χ0v) is 21.3. The molecule has 1 saturated heterocycles. The van der Waals surface area contributed by atoms with E-state index in [9.17, 15) is 4.79 Å². The van der Waals surface area contributed by atoms with Crippen LogP contribution >= 0.6 is 0 Å². The number of ether oxygens (including phenoxy) is 1. The number of unbranched alkanes of at least 4 members (excludes halogenated alkanes) is 2. The van der Waals surface area contributed by atoms with Gasteiger partial charge in [-0.2, -0.15) is 0 Å². The second-order valence-corrected chi connectivity index (χ2v) is 9.51. The largest absolute Gasteiger partial charge is 0.379 e. The molecule has 1 aromatic heterocycles. The van der Waals surface area contributed by atoms with Gasteiger partial charge in [-0.1, -0.05) is 74.4 Å². The molecule has 2 heterocycles. The van der Waals surface area contributed by atoms with E-state index in [1.54, 1.807) is 0 Å². The second-order valence-electron chi connectivity index (χ2n) is 9.51. The van der Waals surface area contributed by atoms with Gasteiger partial charge in [0.05, 0.1) is 18.8 Å². The van der Waals surface area contributed by atoms with Crippen LogP contribution in [0.5, 0.6) is 0 Å². The quantitative estimate of drug-likeness (QED) is 0.364. The Bertz CT molecular complexity index is 1100. The topological polar surface area (TPSA) is 60.5 Å². The summed E-state index contributed by atoms with van der Waals surface area (Å²) < 4.78 is 7.86. The summed E-state index contributed by atoms with van der Waals surface area (Å²) in [4.78, 5) is 15.2. The van der Waals surface area contributed by atoms with E-state index in [2.05, 4.69) is 71.8 Å². The Morgan fingerprint density at radius 3 is 2.20 bits per heavy atom. The molecule has 1 aliphatic rings. The van der Waals surface area contributed by atoms with Gasteiger partial charge in [-0.05, 0) is 42.9 Å². The van der Waals surface area contributed by atoms with Crippen LogP contribution in [-0.2, 0) is 17.7 Å². The number of amides is 1. The highest BCUT2D eigenvalue weighted by Crippen LogP contribution is 2.35. The molecule has 0 radical (unpaired) electrons. The Morgan fingerprint density at radius 2 is 1.54 bits per heavy atom. The molecule has 186 valence electrons. The summed E-state index contributed by atoms with van der Waals surface area (Å²) in [5, 5.41) is 0. The molecule has 3 aromatic rings. The van der Waals surface area contributed by atoms with Crippen LogP contribution in [0.15, 0.2) is 54.6 Å². The summed E-state index contributed by atoms with van der Waals surface area (Å²) in [5.74, 6) is -0.340. The van der Waals surface area contributed by atoms with Crippen LogP contribution in [0, 0.1) is 6.92 Å². The number of aromatic nitrogens is 1. The number of nitrogens with two attached hydrogens (primary N) is 1. The number of carbonyl (C=O) groups excluding carboxylic acids is 1.